The number of benzene rings is 7. The van der Waals surface area contributed by atoms with E-state index in [4.69, 9.17) is 107 Å². The summed E-state index contributed by atoms with van der Waals surface area (Å²) in [7, 11) is 0. The summed E-state index contributed by atoms with van der Waals surface area (Å²) in [5.41, 5.74) is 2.27. The number of aromatic amines is 1. The van der Waals surface area contributed by atoms with Gasteiger partial charge in [-0.3, -0.25) is 0 Å². The fourth-order valence-corrected chi connectivity index (χ4v) is 11.3. The van der Waals surface area contributed by atoms with Gasteiger partial charge in [-0.05, 0) is 47.5 Å². The molecule has 14 heteroatoms. The minimum absolute atomic E-state index is 0.00661. The minimum Gasteiger partial charge on any atom is -0.454 e. The third kappa shape index (κ3) is 7.20. The molecule has 1 aromatic heterocycles. The van der Waals surface area contributed by atoms with Crippen LogP contribution in [0.5, 0.6) is 11.5 Å². The molecule has 0 spiro atoms. The van der Waals surface area contributed by atoms with Crippen molar-refractivity contribution in [1.82, 2.24) is 9.97 Å². The maximum Gasteiger partial charge on any atom is 0.231 e. The molecule has 1 saturated heterocycles. The molecular weight excluding hydrogens is 984 g/mol. The van der Waals surface area contributed by atoms with Crippen molar-refractivity contribution in [2.75, 3.05) is 16.6 Å². The highest BCUT2D eigenvalue weighted by atomic mass is 35.6. The monoisotopic (exact) mass is 1010 g/mol. The molecule has 3 unspecified atom stereocenters. The number of imidazole rings is 1. The number of anilines is 2. The van der Waals surface area contributed by atoms with Gasteiger partial charge in [-0.25, -0.2) is 4.98 Å². The zero-order valence-corrected chi connectivity index (χ0v) is 39.8. The molecule has 6 nitrogen and oxygen atoms in total. The van der Waals surface area contributed by atoms with Crippen molar-refractivity contribution in [3.8, 4) is 34.0 Å². The van der Waals surface area contributed by atoms with E-state index in [9.17, 15) is 0 Å². The molecule has 326 valence electrons. The van der Waals surface area contributed by atoms with Gasteiger partial charge in [-0.1, -0.05) is 238 Å². The molecule has 3 heterocycles. The Bertz CT molecular complexity index is 2960. The van der Waals surface area contributed by atoms with E-state index < -0.39 is 24.8 Å². The van der Waals surface area contributed by atoms with Gasteiger partial charge in [0.15, 0.2) is 17.3 Å². The number of halogens is 8. The fraction of sp³-hybridized carbons (Fsp3) is 0.118. The molecule has 0 aliphatic carbocycles. The number of nitrogens with zero attached hydrogens (tertiary/aromatic N) is 3. The number of alkyl halides is 6. The lowest BCUT2D eigenvalue weighted by atomic mass is 9.77. The highest BCUT2D eigenvalue weighted by Crippen LogP contribution is 2.72. The molecule has 0 saturated carbocycles. The topological polar surface area (TPSA) is 53.6 Å². The zero-order chi connectivity index (χ0) is 45.1. The van der Waals surface area contributed by atoms with Gasteiger partial charge in [-0.2, -0.15) is 0 Å². The molecule has 65 heavy (non-hydrogen) atoms. The van der Waals surface area contributed by atoms with Crippen molar-refractivity contribution in [2.24, 2.45) is 0 Å². The second kappa shape index (κ2) is 17.2. The average Bonchev–Trinajstić information content (AvgIpc) is 4.05. The Balaban J connectivity index is 1.51. The summed E-state index contributed by atoms with van der Waals surface area (Å²) in [4.78, 5) is 13.8. The van der Waals surface area contributed by atoms with Crippen molar-refractivity contribution >= 4 is 104 Å². The molecular formula is C51H34Cl8N4O2. The van der Waals surface area contributed by atoms with Crippen LogP contribution in [0.4, 0.5) is 11.4 Å². The smallest absolute Gasteiger partial charge is 0.231 e. The quantitative estimate of drug-likeness (QED) is 0.154. The molecule has 0 radical (unpaired) electrons. The number of fused-ring (bicyclic) bond motifs is 1. The van der Waals surface area contributed by atoms with Gasteiger partial charge in [0, 0.05) is 22.3 Å². The Labute approximate surface area is 416 Å². The number of hydrogen-bond acceptors (Lipinski definition) is 5. The summed E-state index contributed by atoms with van der Waals surface area (Å²) >= 11 is 60.0. The van der Waals surface area contributed by atoms with Crippen LogP contribution in [0.2, 0.25) is 10.0 Å². The van der Waals surface area contributed by atoms with Crippen LogP contribution >= 0.6 is 92.8 Å². The van der Waals surface area contributed by atoms with Gasteiger partial charge < -0.3 is 24.3 Å². The van der Waals surface area contributed by atoms with Crippen LogP contribution in [-0.2, 0) is 15.0 Å². The van der Waals surface area contributed by atoms with Crippen LogP contribution in [-0.4, -0.2) is 20.6 Å². The van der Waals surface area contributed by atoms with Crippen molar-refractivity contribution in [1.29, 1.82) is 0 Å². The van der Waals surface area contributed by atoms with Crippen LogP contribution < -0.4 is 19.3 Å². The number of ether oxygens (including phenoxy) is 2. The van der Waals surface area contributed by atoms with Gasteiger partial charge in [0.25, 0.3) is 0 Å². The summed E-state index contributed by atoms with van der Waals surface area (Å²) in [5.74, 6) is 1.40. The van der Waals surface area contributed by atoms with Crippen molar-refractivity contribution in [3.63, 3.8) is 0 Å². The average molecular weight is 1020 g/mol. The lowest BCUT2D eigenvalue weighted by molar-refractivity contribution is 0.174. The highest BCUT2D eigenvalue weighted by molar-refractivity contribution is 6.69. The first-order valence-electron chi connectivity index (χ1n) is 20.4. The second-order valence-electron chi connectivity index (χ2n) is 15.5. The van der Waals surface area contributed by atoms with E-state index in [1.165, 1.54) is 0 Å². The molecule has 1 fully saturated rings. The molecule has 0 bridgehead atoms. The predicted octanol–water partition coefficient (Wildman–Crippen LogP) is 15.8. The minimum atomic E-state index is -2.34. The molecule has 2 aliphatic heterocycles. The summed E-state index contributed by atoms with van der Waals surface area (Å²) in [6.07, 6.45) is 0. The Morgan fingerprint density at radius 3 is 1.77 bits per heavy atom. The first kappa shape index (κ1) is 44.1. The largest absolute Gasteiger partial charge is 0.454 e. The van der Waals surface area contributed by atoms with E-state index in [0.29, 0.717) is 61.1 Å². The summed E-state index contributed by atoms with van der Waals surface area (Å²) < 4.78 is 7.74. The number of H-pyrrole nitrogens is 1. The van der Waals surface area contributed by atoms with Crippen LogP contribution in [0.1, 0.15) is 34.1 Å². The summed E-state index contributed by atoms with van der Waals surface area (Å²) in [6.45, 7) is 0.00661. The molecule has 3 atom stereocenters. The fourth-order valence-electron chi connectivity index (χ4n) is 9.50. The van der Waals surface area contributed by atoms with Gasteiger partial charge in [-0.15, -0.1) is 0 Å². The van der Waals surface area contributed by atoms with Crippen LogP contribution in [0.15, 0.2) is 182 Å². The number of aromatic nitrogens is 2. The lowest BCUT2D eigenvalue weighted by Crippen LogP contribution is -2.61. The third-order valence-corrected chi connectivity index (χ3v) is 14.1. The van der Waals surface area contributed by atoms with E-state index in [1.54, 1.807) is 18.2 Å². The summed E-state index contributed by atoms with van der Waals surface area (Å²) in [5, 5.41) is 0.694. The predicted molar refractivity (Wildman–Crippen MR) is 267 cm³/mol. The Morgan fingerprint density at radius 2 is 1.14 bits per heavy atom. The molecule has 8 aromatic rings. The molecule has 10 rings (SSSR count). The second-order valence-corrected chi connectivity index (χ2v) is 20.9. The number of rotatable bonds is 8. The first-order chi connectivity index (χ1) is 31.4. The summed E-state index contributed by atoms with van der Waals surface area (Å²) in [6, 6.07) is 56.4. The number of nitrogens with one attached hydrogen (secondary N) is 1. The maximum atomic E-state index is 7.89. The standard InChI is InChI=1S/C51H34Cl8N4O2/c52-38-24-12-14-26-40(38)62-46(34-20-8-3-9-21-34)48(51(57,58)59,36-22-10-11-23-37(36)50(54,55)56)63(41-27-15-13-25-39(41)53)49(62,35-28-29-42-43(30-35)65-31-64-42)47-60-44(32-16-4-1-5-17-32)45(61-47)33-18-6-2-7-19-33/h1-30,46H,31H2,(H,60,61). The zero-order valence-electron chi connectivity index (χ0n) is 33.8. The maximum absolute atomic E-state index is 7.89. The first-order valence-corrected chi connectivity index (χ1v) is 23.4. The Morgan fingerprint density at radius 1 is 0.585 bits per heavy atom. The van der Waals surface area contributed by atoms with E-state index >= 15 is 0 Å². The van der Waals surface area contributed by atoms with Crippen LogP contribution in [0.3, 0.4) is 0 Å². The van der Waals surface area contributed by atoms with Crippen molar-refractivity contribution in [2.45, 2.75) is 24.8 Å². The Kier molecular flexibility index (Phi) is 11.7. The van der Waals surface area contributed by atoms with Crippen molar-refractivity contribution in [3.05, 3.63) is 220 Å². The van der Waals surface area contributed by atoms with E-state index in [0.717, 1.165) is 16.8 Å². The van der Waals surface area contributed by atoms with Gasteiger partial charge in [0.05, 0.1) is 38.8 Å². The lowest BCUT2D eigenvalue weighted by Gasteiger charge is -2.52. The van der Waals surface area contributed by atoms with Crippen LogP contribution in [0, 0.1) is 0 Å². The number of hydrogen-bond donors (Lipinski definition) is 1. The van der Waals surface area contributed by atoms with Gasteiger partial charge in [0.1, 0.15) is 5.54 Å². The highest BCUT2D eigenvalue weighted by Gasteiger charge is 2.76. The van der Waals surface area contributed by atoms with E-state index in [1.807, 2.05) is 169 Å². The van der Waals surface area contributed by atoms with Crippen molar-refractivity contribution < 1.29 is 9.47 Å². The molecule has 0 amide bonds. The third-order valence-electron chi connectivity index (χ3n) is 12.0. The van der Waals surface area contributed by atoms with E-state index in [2.05, 4.69) is 9.88 Å². The van der Waals surface area contributed by atoms with Crippen LogP contribution in [0.25, 0.3) is 22.5 Å². The molecule has 7 aromatic carbocycles. The molecule has 2 aliphatic rings. The number of para-hydroxylation sites is 2. The normalized spacial score (nSPS) is 19.5. The Hall–Kier alpha value is -4.73. The van der Waals surface area contributed by atoms with Gasteiger partial charge in [0.2, 0.25) is 20.0 Å². The van der Waals surface area contributed by atoms with E-state index in [-0.39, 0.29) is 12.4 Å². The SMILES string of the molecule is Clc1ccccc1N1C(c2ccccc2)C(c2ccccc2C(Cl)(Cl)Cl)(C(Cl)(Cl)Cl)N(c2ccccc2Cl)C1(c1ccc2c(c1)OCO2)c1nc(-c2ccccc2)c(-c2ccccc2)[nH]1. The van der Waals surface area contributed by atoms with Gasteiger partial charge >= 0.3 is 0 Å². The molecule has 1 N–H and O–H groups in total.